The van der Waals surface area contributed by atoms with E-state index in [0.717, 1.165) is 31.5 Å². The molecule has 15 heavy (non-hydrogen) atoms. The van der Waals surface area contributed by atoms with Crippen LogP contribution in [0.25, 0.3) is 0 Å². The van der Waals surface area contributed by atoms with Gasteiger partial charge in [-0.25, -0.2) is 5.01 Å². The first-order valence-corrected chi connectivity index (χ1v) is 6.54. The minimum Gasteiger partial charge on any atom is -0.255 e. The first kappa shape index (κ1) is 14.9. The molecule has 0 fully saturated rings. The van der Waals surface area contributed by atoms with Crippen molar-refractivity contribution < 1.29 is 0 Å². The van der Waals surface area contributed by atoms with Gasteiger partial charge in [-0.05, 0) is 18.3 Å². The van der Waals surface area contributed by atoms with Crippen LogP contribution in [-0.4, -0.2) is 24.6 Å². The number of rotatable bonds is 9. The lowest BCUT2D eigenvalue weighted by Gasteiger charge is -2.26. The first-order chi connectivity index (χ1) is 7.06. The highest BCUT2D eigenvalue weighted by molar-refractivity contribution is 4.58. The van der Waals surface area contributed by atoms with Crippen LogP contribution in [0.3, 0.4) is 0 Å². The zero-order chi connectivity index (χ0) is 11.7. The van der Waals surface area contributed by atoms with E-state index in [-0.39, 0.29) is 0 Å². The van der Waals surface area contributed by atoms with Crippen molar-refractivity contribution in [2.75, 3.05) is 19.6 Å². The molecule has 0 aromatic carbocycles. The zero-order valence-electron chi connectivity index (χ0n) is 11.3. The summed E-state index contributed by atoms with van der Waals surface area (Å²) in [6.07, 6.45) is 3.93. The Hall–Kier alpha value is -0.0800. The fourth-order valence-corrected chi connectivity index (χ4v) is 1.70. The van der Waals surface area contributed by atoms with Gasteiger partial charge in [-0.1, -0.05) is 47.5 Å². The van der Waals surface area contributed by atoms with Crippen LogP contribution in [-0.2, 0) is 0 Å². The van der Waals surface area contributed by atoms with Gasteiger partial charge < -0.3 is 0 Å². The van der Waals surface area contributed by atoms with Gasteiger partial charge in [0.15, 0.2) is 0 Å². The number of hydrazine groups is 1. The lowest BCUT2D eigenvalue weighted by atomic mass is 10.2. The Balaban J connectivity index is 3.69. The van der Waals surface area contributed by atoms with Crippen molar-refractivity contribution in [1.82, 2.24) is 10.4 Å². The number of nitrogens with zero attached hydrogens (tertiary/aromatic N) is 1. The Morgan fingerprint density at radius 1 is 0.933 bits per heavy atom. The van der Waals surface area contributed by atoms with Gasteiger partial charge in [0, 0.05) is 19.6 Å². The van der Waals surface area contributed by atoms with Crippen LogP contribution >= 0.6 is 0 Å². The van der Waals surface area contributed by atoms with Crippen LogP contribution in [0, 0.1) is 11.8 Å². The Kier molecular flexibility index (Phi) is 9.12. The van der Waals surface area contributed by atoms with Crippen molar-refractivity contribution in [3.05, 3.63) is 0 Å². The van der Waals surface area contributed by atoms with Gasteiger partial charge in [0.2, 0.25) is 0 Å². The minimum absolute atomic E-state index is 0.738. The maximum atomic E-state index is 3.55. The number of nitrogens with one attached hydrogen (secondary N) is 1. The molecule has 2 heteroatoms. The van der Waals surface area contributed by atoms with Crippen LogP contribution in [0.4, 0.5) is 0 Å². The van der Waals surface area contributed by atoms with Crippen molar-refractivity contribution in [2.24, 2.45) is 11.8 Å². The fourth-order valence-electron chi connectivity index (χ4n) is 1.70. The molecule has 0 saturated heterocycles. The molecule has 0 amide bonds. The minimum atomic E-state index is 0.738. The average Bonchev–Trinajstić information content (AvgIpc) is 2.10. The normalized spacial score (nSPS) is 12.0. The molecule has 92 valence electrons. The highest BCUT2D eigenvalue weighted by Crippen LogP contribution is 2.01. The van der Waals surface area contributed by atoms with Gasteiger partial charge in [0.25, 0.3) is 0 Å². The van der Waals surface area contributed by atoms with Gasteiger partial charge in [-0.15, -0.1) is 0 Å². The van der Waals surface area contributed by atoms with Crippen molar-refractivity contribution in [1.29, 1.82) is 0 Å². The Labute approximate surface area is 96.4 Å². The number of hydrogen-bond acceptors (Lipinski definition) is 2. The van der Waals surface area contributed by atoms with Crippen molar-refractivity contribution >= 4 is 0 Å². The largest absolute Gasteiger partial charge is 0.255 e. The lowest BCUT2D eigenvalue weighted by Crippen LogP contribution is -2.43. The lowest BCUT2D eigenvalue weighted by molar-refractivity contribution is 0.146. The van der Waals surface area contributed by atoms with Gasteiger partial charge in [0.05, 0.1) is 0 Å². The van der Waals surface area contributed by atoms with E-state index in [2.05, 4.69) is 45.1 Å². The number of hydrogen-bond donors (Lipinski definition) is 1. The van der Waals surface area contributed by atoms with Crippen LogP contribution in [0.15, 0.2) is 0 Å². The van der Waals surface area contributed by atoms with E-state index in [4.69, 9.17) is 0 Å². The summed E-state index contributed by atoms with van der Waals surface area (Å²) in [5, 5.41) is 2.39. The second kappa shape index (κ2) is 9.17. The molecular weight excluding hydrogens is 184 g/mol. The summed E-state index contributed by atoms with van der Waals surface area (Å²) < 4.78 is 0. The zero-order valence-corrected chi connectivity index (χ0v) is 11.3. The van der Waals surface area contributed by atoms with Crippen LogP contribution in [0.5, 0.6) is 0 Å². The summed E-state index contributed by atoms with van der Waals surface area (Å²) in [7, 11) is 0. The maximum Gasteiger partial charge on any atom is 0.0154 e. The Bertz CT molecular complexity index is 122. The summed E-state index contributed by atoms with van der Waals surface area (Å²) in [5.41, 5.74) is 3.55. The maximum absolute atomic E-state index is 3.55. The quantitative estimate of drug-likeness (QED) is 0.468. The summed E-state index contributed by atoms with van der Waals surface area (Å²) in [6.45, 7) is 14.8. The highest BCUT2D eigenvalue weighted by Gasteiger charge is 2.08. The Morgan fingerprint density at radius 3 is 1.87 bits per heavy atom. The van der Waals surface area contributed by atoms with Crippen LogP contribution in [0.2, 0.25) is 0 Å². The van der Waals surface area contributed by atoms with Gasteiger partial charge in [-0.3, -0.25) is 5.43 Å². The Morgan fingerprint density at radius 2 is 1.47 bits per heavy atom. The summed E-state index contributed by atoms with van der Waals surface area (Å²) in [4.78, 5) is 0. The molecule has 0 bridgehead atoms. The predicted molar refractivity (Wildman–Crippen MR) is 68.8 cm³/mol. The molecular formula is C13H30N2. The van der Waals surface area contributed by atoms with Crippen molar-refractivity contribution in [3.8, 4) is 0 Å². The molecule has 0 aromatic rings. The smallest absolute Gasteiger partial charge is 0.0154 e. The average molecular weight is 214 g/mol. The third-order valence-electron chi connectivity index (χ3n) is 2.29. The first-order valence-electron chi connectivity index (χ1n) is 6.54. The summed E-state index contributed by atoms with van der Waals surface area (Å²) in [5.74, 6) is 1.48. The predicted octanol–water partition coefficient (Wildman–Crippen LogP) is 3.30. The highest BCUT2D eigenvalue weighted by atomic mass is 15.5. The van der Waals surface area contributed by atoms with E-state index >= 15 is 0 Å². The molecule has 0 atom stereocenters. The summed E-state index contributed by atoms with van der Waals surface area (Å²) >= 11 is 0. The van der Waals surface area contributed by atoms with E-state index in [1.807, 2.05) is 0 Å². The SMILES string of the molecule is CCCCCNN(CC(C)C)CC(C)C. The van der Waals surface area contributed by atoms with Crippen LogP contribution < -0.4 is 5.43 Å². The molecule has 0 aliphatic heterocycles. The molecule has 0 radical (unpaired) electrons. The molecule has 0 aliphatic carbocycles. The second-order valence-electron chi connectivity index (χ2n) is 5.31. The molecule has 0 aromatic heterocycles. The van der Waals surface area contributed by atoms with Gasteiger partial charge in [0.1, 0.15) is 0 Å². The second-order valence-corrected chi connectivity index (χ2v) is 5.31. The van der Waals surface area contributed by atoms with Crippen LogP contribution in [0.1, 0.15) is 53.9 Å². The molecule has 0 unspecified atom stereocenters. The topological polar surface area (TPSA) is 15.3 Å². The molecule has 0 spiro atoms. The standard InChI is InChI=1S/C13H30N2/c1-6-7-8-9-14-15(10-12(2)3)11-13(4)5/h12-14H,6-11H2,1-5H3. The molecule has 0 heterocycles. The molecule has 0 aliphatic rings. The van der Waals surface area contributed by atoms with E-state index in [9.17, 15) is 0 Å². The number of unbranched alkanes of at least 4 members (excludes halogenated alkanes) is 2. The molecule has 0 rings (SSSR count). The van der Waals surface area contributed by atoms with E-state index < -0.39 is 0 Å². The molecule has 2 nitrogen and oxygen atoms in total. The monoisotopic (exact) mass is 214 g/mol. The van der Waals surface area contributed by atoms with Gasteiger partial charge >= 0.3 is 0 Å². The molecule has 1 N–H and O–H groups in total. The third-order valence-corrected chi connectivity index (χ3v) is 2.29. The summed E-state index contributed by atoms with van der Waals surface area (Å²) in [6, 6.07) is 0. The third kappa shape index (κ3) is 10.2. The fraction of sp³-hybridized carbons (Fsp3) is 1.00. The van der Waals surface area contributed by atoms with E-state index in [0.29, 0.717) is 0 Å². The van der Waals surface area contributed by atoms with Gasteiger partial charge in [-0.2, -0.15) is 0 Å². The van der Waals surface area contributed by atoms with Crippen molar-refractivity contribution in [2.45, 2.75) is 53.9 Å². The van der Waals surface area contributed by atoms with E-state index in [1.165, 1.54) is 19.3 Å². The van der Waals surface area contributed by atoms with Crippen molar-refractivity contribution in [3.63, 3.8) is 0 Å². The van der Waals surface area contributed by atoms with E-state index in [1.54, 1.807) is 0 Å². The molecule has 0 saturated carbocycles.